The molecule has 2 amide bonds. The van der Waals surface area contributed by atoms with Gasteiger partial charge in [0, 0.05) is 25.2 Å². The normalized spacial score (nSPS) is 16.1. The number of ether oxygens (including phenoxy) is 2. The number of aryl methyl sites for hydroxylation is 1. The van der Waals surface area contributed by atoms with Crippen molar-refractivity contribution in [1.29, 1.82) is 0 Å². The predicted molar refractivity (Wildman–Crippen MR) is 146 cm³/mol. The first-order valence-corrected chi connectivity index (χ1v) is 12.2. The van der Waals surface area contributed by atoms with Gasteiger partial charge in [-0.25, -0.2) is 4.98 Å². The molecule has 2 atom stereocenters. The van der Waals surface area contributed by atoms with Crippen LogP contribution in [0.25, 0.3) is 10.9 Å². The quantitative estimate of drug-likeness (QED) is 0.280. The maximum absolute atomic E-state index is 12.5. The van der Waals surface area contributed by atoms with Gasteiger partial charge >= 0.3 is 0 Å². The van der Waals surface area contributed by atoms with Crippen molar-refractivity contribution in [2.75, 3.05) is 38.9 Å². The Morgan fingerprint density at radius 2 is 1.89 bits per heavy atom. The van der Waals surface area contributed by atoms with Crippen LogP contribution in [0.3, 0.4) is 0 Å². The van der Waals surface area contributed by atoms with Crippen molar-refractivity contribution in [2.24, 2.45) is 0 Å². The Morgan fingerprint density at radius 1 is 1.08 bits per heavy atom. The van der Waals surface area contributed by atoms with Gasteiger partial charge in [0.1, 0.15) is 17.1 Å². The van der Waals surface area contributed by atoms with E-state index in [1.807, 2.05) is 37.3 Å². The van der Waals surface area contributed by atoms with Crippen LogP contribution >= 0.6 is 0 Å². The topological polar surface area (TPSA) is 121 Å². The minimum Gasteiger partial charge on any atom is -0.497 e. The summed E-state index contributed by atoms with van der Waals surface area (Å²) >= 11 is 0. The molecule has 0 radical (unpaired) electrons. The van der Waals surface area contributed by atoms with Crippen molar-refractivity contribution in [3.8, 4) is 11.6 Å². The molecule has 2 heterocycles. The number of carbonyl (C=O) groups excluding carboxylic acids is 2. The Morgan fingerprint density at radius 3 is 2.61 bits per heavy atom. The molecule has 4 aromatic rings. The van der Waals surface area contributed by atoms with Crippen molar-refractivity contribution in [1.82, 2.24) is 20.1 Å². The first-order chi connectivity index (χ1) is 18.3. The zero-order chi connectivity index (χ0) is 27.0. The number of carbonyl (C=O) groups is 2. The van der Waals surface area contributed by atoms with Gasteiger partial charge in [0.2, 0.25) is 12.3 Å². The highest BCUT2D eigenvalue weighted by atomic mass is 16.5. The van der Waals surface area contributed by atoms with E-state index in [2.05, 4.69) is 37.9 Å². The highest BCUT2D eigenvalue weighted by Gasteiger charge is 2.41. The van der Waals surface area contributed by atoms with Crippen LogP contribution in [0.15, 0.2) is 42.5 Å². The molecule has 1 aliphatic rings. The minimum absolute atomic E-state index is 0.188. The van der Waals surface area contributed by atoms with Gasteiger partial charge in [0.15, 0.2) is 5.82 Å². The number of nitrogens with zero attached hydrogens (tertiary/aromatic N) is 3. The molecule has 10 heteroatoms. The molecule has 5 rings (SSSR count). The van der Waals surface area contributed by atoms with Gasteiger partial charge in [-0.3, -0.25) is 14.7 Å². The van der Waals surface area contributed by atoms with Gasteiger partial charge in [-0.15, -0.1) is 0 Å². The lowest BCUT2D eigenvalue weighted by Crippen LogP contribution is -2.24. The summed E-state index contributed by atoms with van der Waals surface area (Å²) in [7, 11) is 6.53. The molecule has 2 aromatic heterocycles. The predicted octanol–water partition coefficient (Wildman–Crippen LogP) is 4.57. The maximum Gasteiger partial charge on any atom is 0.272 e. The van der Waals surface area contributed by atoms with Gasteiger partial charge in [0.05, 0.1) is 19.7 Å². The summed E-state index contributed by atoms with van der Waals surface area (Å²) in [6.45, 7) is 1.84. The Hall–Kier alpha value is -4.60. The largest absolute Gasteiger partial charge is 0.497 e. The maximum atomic E-state index is 12.5. The molecule has 38 heavy (non-hydrogen) atoms. The van der Waals surface area contributed by atoms with Crippen LogP contribution in [0.2, 0.25) is 0 Å². The number of amides is 2. The minimum atomic E-state index is -0.188. The van der Waals surface area contributed by atoms with E-state index in [9.17, 15) is 9.59 Å². The third-order valence-corrected chi connectivity index (χ3v) is 6.91. The standard InChI is InChI=1S/C28H30N6O4/c1-15-10-24(27(38-5)31-25(15)28(36)34(2)3)30-26-18-8-6-16(11-23(18)32-33-26)19-13-20(19)21-12-17(37-4)7-9-22(21)29-14-35/h6-12,14,19-20H,13H2,1-5H3,(H,29,35)(H2,30,32,33). The van der Waals surface area contributed by atoms with Gasteiger partial charge < -0.3 is 25.0 Å². The molecule has 2 unspecified atom stereocenters. The summed E-state index contributed by atoms with van der Waals surface area (Å²) < 4.78 is 10.9. The van der Waals surface area contributed by atoms with E-state index < -0.39 is 0 Å². The molecule has 1 fully saturated rings. The average molecular weight is 515 g/mol. The number of methoxy groups -OCH3 is 2. The molecule has 1 aliphatic carbocycles. The molecule has 2 aromatic carbocycles. The molecular weight excluding hydrogens is 484 g/mol. The summed E-state index contributed by atoms with van der Waals surface area (Å²) in [5.41, 5.74) is 5.66. The zero-order valence-corrected chi connectivity index (χ0v) is 22.0. The van der Waals surface area contributed by atoms with Crippen molar-refractivity contribution in [3.05, 3.63) is 64.8 Å². The van der Waals surface area contributed by atoms with E-state index in [0.29, 0.717) is 35.4 Å². The Kier molecular flexibility index (Phi) is 6.62. The Balaban J connectivity index is 1.40. The number of H-pyrrole nitrogens is 1. The van der Waals surface area contributed by atoms with Crippen molar-refractivity contribution < 1.29 is 19.1 Å². The monoisotopic (exact) mass is 514 g/mol. The van der Waals surface area contributed by atoms with Gasteiger partial charge in [-0.05, 0) is 78.3 Å². The number of benzene rings is 2. The summed E-state index contributed by atoms with van der Waals surface area (Å²) in [5.74, 6) is 2.13. The lowest BCUT2D eigenvalue weighted by molar-refractivity contribution is -0.105. The Labute approximate surface area is 220 Å². The fourth-order valence-corrected chi connectivity index (χ4v) is 4.84. The summed E-state index contributed by atoms with van der Waals surface area (Å²) in [5, 5.41) is 14.6. The van der Waals surface area contributed by atoms with E-state index in [0.717, 1.165) is 39.9 Å². The first kappa shape index (κ1) is 25.1. The van der Waals surface area contributed by atoms with Crippen molar-refractivity contribution in [3.63, 3.8) is 0 Å². The molecule has 196 valence electrons. The van der Waals surface area contributed by atoms with Gasteiger partial charge in [-0.1, -0.05) is 6.07 Å². The average Bonchev–Trinajstić information content (AvgIpc) is 3.62. The number of fused-ring (bicyclic) bond motifs is 1. The van der Waals surface area contributed by atoms with Crippen LogP contribution < -0.4 is 20.1 Å². The number of pyridine rings is 1. The SMILES string of the molecule is COc1ccc(NC=O)c(C2CC2c2ccc3c(Nc4cc(C)c(C(=O)N(C)C)nc4OC)n[nH]c3c2)c1. The van der Waals surface area contributed by atoms with Crippen LogP contribution in [-0.4, -0.2) is 60.7 Å². The first-order valence-electron chi connectivity index (χ1n) is 12.2. The molecule has 3 N–H and O–H groups in total. The Bertz CT molecular complexity index is 1530. The fraction of sp³-hybridized carbons (Fsp3) is 0.286. The lowest BCUT2D eigenvalue weighted by atomic mass is 10.0. The summed E-state index contributed by atoms with van der Waals surface area (Å²) in [6.07, 6.45) is 1.68. The van der Waals surface area contributed by atoms with Crippen LogP contribution in [-0.2, 0) is 4.79 Å². The van der Waals surface area contributed by atoms with Crippen molar-refractivity contribution >= 4 is 40.4 Å². The molecule has 0 aliphatic heterocycles. The number of hydrogen-bond acceptors (Lipinski definition) is 7. The zero-order valence-electron chi connectivity index (χ0n) is 22.0. The van der Waals surface area contributed by atoms with E-state index >= 15 is 0 Å². The molecule has 0 spiro atoms. The molecular formula is C28H30N6O4. The second-order valence-corrected chi connectivity index (χ2v) is 9.58. The second-order valence-electron chi connectivity index (χ2n) is 9.58. The molecule has 10 nitrogen and oxygen atoms in total. The number of aromatic amines is 1. The van der Waals surface area contributed by atoms with Gasteiger partial charge in [0.25, 0.3) is 5.91 Å². The third kappa shape index (κ3) is 4.60. The second kappa shape index (κ2) is 10.0. The summed E-state index contributed by atoms with van der Waals surface area (Å²) in [4.78, 5) is 29.5. The van der Waals surface area contributed by atoms with Crippen LogP contribution in [0.5, 0.6) is 11.6 Å². The van der Waals surface area contributed by atoms with E-state index in [-0.39, 0.29) is 11.8 Å². The molecule has 0 saturated heterocycles. The number of nitrogens with one attached hydrogen (secondary N) is 3. The summed E-state index contributed by atoms with van der Waals surface area (Å²) in [6, 6.07) is 13.8. The highest BCUT2D eigenvalue weighted by Crippen LogP contribution is 2.57. The molecule has 0 bridgehead atoms. The highest BCUT2D eigenvalue weighted by molar-refractivity contribution is 5.95. The van der Waals surface area contributed by atoms with E-state index in [1.165, 1.54) is 17.6 Å². The van der Waals surface area contributed by atoms with Gasteiger partial charge in [-0.2, -0.15) is 5.10 Å². The van der Waals surface area contributed by atoms with Crippen molar-refractivity contribution in [2.45, 2.75) is 25.2 Å². The van der Waals surface area contributed by atoms with Crippen LogP contribution in [0.1, 0.15) is 45.4 Å². The smallest absolute Gasteiger partial charge is 0.272 e. The lowest BCUT2D eigenvalue weighted by Gasteiger charge is -2.15. The van der Waals surface area contributed by atoms with Crippen LogP contribution in [0.4, 0.5) is 17.2 Å². The third-order valence-electron chi connectivity index (χ3n) is 6.91. The number of aromatic nitrogens is 3. The number of rotatable bonds is 9. The molecule has 1 saturated carbocycles. The fourth-order valence-electron chi connectivity index (χ4n) is 4.84. The van der Waals surface area contributed by atoms with E-state index in [1.54, 1.807) is 21.2 Å². The van der Waals surface area contributed by atoms with E-state index in [4.69, 9.17) is 9.47 Å². The van der Waals surface area contributed by atoms with Crippen LogP contribution in [0, 0.1) is 6.92 Å². The number of hydrogen-bond donors (Lipinski definition) is 3. The number of anilines is 3.